The lowest BCUT2D eigenvalue weighted by atomic mass is 9.96. The number of aliphatic hydroxyl groups is 1. The Bertz CT molecular complexity index is 773. The lowest BCUT2D eigenvalue weighted by Gasteiger charge is -2.23. The molecule has 24 heavy (non-hydrogen) atoms. The molecule has 130 valence electrons. The first kappa shape index (κ1) is 18.0. The second-order valence-corrected chi connectivity index (χ2v) is 5.63. The van der Waals surface area contributed by atoms with Crippen LogP contribution in [0.2, 0.25) is 0 Å². The van der Waals surface area contributed by atoms with Crippen LogP contribution < -0.4 is 5.32 Å². The van der Waals surface area contributed by atoms with Crippen LogP contribution in [0.3, 0.4) is 0 Å². The molecule has 2 rings (SSSR count). The van der Waals surface area contributed by atoms with E-state index in [0.717, 1.165) is 0 Å². The average Bonchev–Trinajstić information content (AvgIpc) is 2.83. The van der Waals surface area contributed by atoms with E-state index in [4.69, 9.17) is 4.42 Å². The second-order valence-electron chi connectivity index (χ2n) is 5.63. The fourth-order valence-corrected chi connectivity index (χ4v) is 2.37. The van der Waals surface area contributed by atoms with Crippen LogP contribution in [0.25, 0.3) is 0 Å². The largest absolute Gasteiger partial charge is 0.466 e. The van der Waals surface area contributed by atoms with Crippen LogP contribution in [0.1, 0.15) is 34.4 Å². The lowest BCUT2D eigenvalue weighted by molar-refractivity contribution is 0.0511. The molecular weight excluding hydrogens is 330 g/mol. The van der Waals surface area contributed by atoms with Crippen LogP contribution >= 0.6 is 0 Å². The first-order valence-corrected chi connectivity index (χ1v) is 6.95. The van der Waals surface area contributed by atoms with E-state index in [1.807, 2.05) is 0 Å². The number of hydrogen-bond donors (Lipinski definition) is 2. The highest BCUT2D eigenvalue weighted by Crippen LogP contribution is 2.27. The van der Waals surface area contributed by atoms with Gasteiger partial charge in [0, 0.05) is 11.6 Å². The van der Waals surface area contributed by atoms with Crippen molar-refractivity contribution in [1.82, 2.24) is 5.32 Å². The minimum absolute atomic E-state index is 0.00914. The number of hydrogen-bond acceptors (Lipinski definition) is 3. The number of amides is 1. The summed E-state index contributed by atoms with van der Waals surface area (Å²) >= 11 is 0. The molecular formula is C16H15F4NO3. The Kier molecular flexibility index (Phi) is 4.70. The van der Waals surface area contributed by atoms with E-state index in [9.17, 15) is 27.5 Å². The van der Waals surface area contributed by atoms with Crippen molar-refractivity contribution in [2.45, 2.75) is 26.4 Å². The summed E-state index contributed by atoms with van der Waals surface area (Å²) in [6, 6.07) is 1.56. The van der Waals surface area contributed by atoms with Crippen LogP contribution in [0.4, 0.5) is 17.6 Å². The zero-order valence-corrected chi connectivity index (χ0v) is 13.1. The maximum absolute atomic E-state index is 13.6. The van der Waals surface area contributed by atoms with Crippen molar-refractivity contribution < 1.29 is 31.9 Å². The molecule has 1 aromatic heterocycles. The van der Waals surface area contributed by atoms with E-state index >= 15 is 0 Å². The molecule has 2 aromatic rings. The fraction of sp³-hybridized carbons (Fsp3) is 0.312. The number of benzene rings is 1. The summed E-state index contributed by atoms with van der Waals surface area (Å²) < 4.78 is 58.7. The van der Waals surface area contributed by atoms with Gasteiger partial charge in [0.25, 0.3) is 5.91 Å². The summed E-state index contributed by atoms with van der Waals surface area (Å²) in [6.07, 6.45) is 0. The predicted octanol–water partition coefficient (Wildman–Crippen LogP) is 3.09. The van der Waals surface area contributed by atoms with Crippen molar-refractivity contribution in [1.29, 1.82) is 0 Å². The van der Waals surface area contributed by atoms with E-state index < -0.39 is 46.9 Å². The number of nitrogens with one attached hydrogen (secondary N) is 1. The van der Waals surface area contributed by atoms with E-state index in [-0.39, 0.29) is 6.07 Å². The van der Waals surface area contributed by atoms with Gasteiger partial charge in [0.1, 0.15) is 22.7 Å². The van der Waals surface area contributed by atoms with Gasteiger partial charge >= 0.3 is 0 Å². The minimum Gasteiger partial charge on any atom is -0.466 e. The van der Waals surface area contributed by atoms with Gasteiger partial charge in [0.15, 0.2) is 23.3 Å². The Morgan fingerprint density at radius 1 is 1.17 bits per heavy atom. The van der Waals surface area contributed by atoms with E-state index in [1.165, 1.54) is 6.92 Å². The molecule has 0 aliphatic rings. The molecule has 0 aliphatic carbocycles. The molecule has 0 aliphatic heterocycles. The summed E-state index contributed by atoms with van der Waals surface area (Å²) in [5, 5.41) is 12.5. The first-order chi connectivity index (χ1) is 11.0. The number of carbonyl (C=O) groups is 1. The van der Waals surface area contributed by atoms with Gasteiger partial charge in [0.2, 0.25) is 0 Å². The van der Waals surface area contributed by atoms with Gasteiger partial charge in [-0.15, -0.1) is 0 Å². The monoisotopic (exact) mass is 345 g/mol. The third-order valence-electron chi connectivity index (χ3n) is 3.55. The number of halogens is 4. The van der Waals surface area contributed by atoms with Gasteiger partial charge in [0.05, 0.1) is 6.54 Å². The normalized spacial score (nSPS) is 13.7. The van der Waals surface area contributed by atoms with E-state index in [2.05, 4.69) is 5.32 Å². The summed E-state index contributed by atoms with van der Waals surface area (Å²) in [7, 11) is 0. The number of carbonyl (C=O) groups excluding carboxylic acids is 1. The number of furan rings is 1. The molecule has 0 saturated heterocycles. The molecule has 1 atom stereocenters. The maximum atomic E-state index is 13.6. The Hall–Kier alpha value is -2.35. The van der Waals surface area contributed by atoms with Crippen molar-refractivity contribution in [3.8, 4) is 0 Å². The zero-order chi connectivity index (χ0) is 18.2. The van der Waals surface area contributed by atoms with E-state index in [1.54, 1.807) is 19.9 Å². The molecule has 8 heteroatoms. The summed E-state index contributed by atoms with van der Waals surface area (Å²) in [4.78, 5) is 11.9. The van der Waals surface area contributed by atoms with Crippen LogP contribution in [0.15, 0.2) is 16.5 Å². The Morgan fingerprint density at radius 2 is 1.71 bits per heavy atom. The zero-order valence-electron chi connectivity index (χ0n) is 13.1. The summed E-state index contributed by atoms with van der Waals surface area (Å²) in [5.41, 5.74) is -2.63. The van der Waals surface area contributed by atoms with Crippen molar-refractivity contribution in [3.05, 3.63) is 58.0 Å². The highest BCUT2D eigenvalue weighted by atomic mass is 19.2. The lowest BCUT2D eigenvalue weighted by Crippen LogP contribution is -2.39. The standard InChI is InChI=1S/C16H15F4NO3/c1-7-4-9(8(2)24-7)16(3,23)6-21-15(22)12-13(19)10(17)5-11(18)14(12)20/h4-5,23H,6H2,1-3H3,(H,21,22)/t16-/m1/s1. The van der Waals surface area contributed by atoms with Crippen molar-refractivity contribution in [2.24, 2.45) is 0 Å². The highest BCUT2D eigenvalue weighted by molar-refractivity contribution is 5.94. The fourth-order valence-electron chi connectivity index (χ4n) is 2.37. The Balaban J connectivity index is 2.24. The average molecular weight is 345 g/mol. The molecule has 0 spiro atoms. The van der Waals surface area contributed by atoms with Gasteiger partial charge in [-0.2, -0.15) is 0 Å². The van der Waals surface area contributed by atoms with Crippen LogP contribution in [0, 0.1) is 37.1 Å². The predicted molar refractivity (Wildman–Crippen MR) is 76.4 cm³/mol. The number of aryl methyl sites for hydroxylation is 2. The molecule has 0 bridgehead atoms. The number of rotatable bonds is 4. The van der Waals surface area contributed by atoms with Crippen LogP contribution in [-0.4, -0.2) is 17.6 Å². The SMILES string of the molecule is Cc1cc([C@](C)(O)CNC(=O)c2c(F)c(F)cc(F)c2F)c(C)o1. The molecule has 0 unspecified atom stereocenters. The smallest absolute Gasteiger partial charge is 0.257 e. The quantitative estimate of drug-likeness (QED) is 0.661. The Morgan fingerprint density at radius 3 is 2.17 bits per heavy atom. The summed E-state index contributed by atoms with van der Waals surface area (Å²) in [5.74, 6) is -7.44. The van der Waals surface area contributed by atoms with Gasteiger partial charge in [-0.05, 0) is 26.8 Å². The molecule has 1 aromatic carbocycles. The third kappa shape index (κ3) is 3.28. The van der Waals surface area contributed by atoms with E-state index in [0.29, 0.717) is 17.1 Å². The van der Waals surface area contributed by atoms with Crippen LogP contribution in [-0.2, 0) is 5.60 Å². The molecule has 2 N–H and O–H groups in total. The maximum Gasteiger partial charge on any atom is 0.257 e. The molecule has 0 radical (unpaired) electrons. The van der Waals surface area contributed by atoms with Gasteiger partial charge < -0.3 is 14.8 Å². The van der Waals surface area contributed by atoms with Crippen LogP contribution in [0.5, 0.6) is 0 Å². The second kappa shape index (κ2) is 6.27. The molecule has 0 fully saturated rings. The first-order valence-electron chi connectivity index (χ1n) is 6.95. The summed E-state index contributed by atoms with van der Waals surface area (Å²) in [6.45, 7) is 4.15. The highest BCUT2D eigenvalue weighted by Gasteiger charge is 2.30. The molecule has 4 nitrogen and oxygen atoms in total. The minimum atomic E-state index is -1.80. The van der Waals surface area contributed by atoms with Crippen molar-refractivity contribution >= 4 is 5.91 Å². The molecule has 1 heterocycles. The van der Waals surface area contributed by atoms with Gasteiger partial charge in [-0.25, -0.2) is 17.6 Å². The van der Waals surface area contributed by atoms with Crippen molar-refractivity contribution in [3.63, 3.8) is 0 Å². The van der Waals surface area contributed by atoms with Gasteiger partial charge in [-0.3, -0.25) is 4.79 Å². The topological polar surface area (TPSA) is 62.5 Å². The van der Waals surface area contributed by atoms with Crippen molar-refractivity contribution in [2.75, 3.05) is 6.54 Å². The third-order valence-corrected chi connectivity index (χ3v) is 3.55. The Labute approximate surface area is 135 Å². The molecule has 0 saturated carbocycles. The van der Waals surface area contributed by atoms with Gasteiger partial charge in [-0.1, -0.05) is 0 Å². The molecule has 1 amide bonds.